The molecule has 0 radical (unpaired) electrons. The monoisotopic (exact) mass is 510 g/mol. The van der Waals surface area contributed by atoms with E-state index in [4.69, 9.17) is 4.98 Å². The number of aromatic nitrogens is 4. The Balaban J connectivity index is 1.34. The van der Waals surface area contributed by atoms with Crippen LogP contribution in [0.25, 0.3) is 27.6 Å². The van der Waals surface area contributed by atoms with E-state index in [2.05, 4.69) is 20.0 Å². The van der Waals surface area contributed by atoms with E-state index in [1.807, 2.05) is 22.0 Å². The lowest BCUT2D eigenvalue weighted by Crippen LogP contribution is -2.29. The van der Waals surface area contributed by atoms with Crippen molar-refractivity contribution in [3.05, 3.63) is 78.2 Å². The van der Waals surface area contributed by atoms with E-state index in [0.717, 1.165) is 28.4 Å². The predicted molar refractivity (Wildman–Crippen MR) is 131 cm³/mol. The van der Waals surface area contributed by atoms with E-state index in [-0.39, 0.29) is 23.7 Å². The second-order valence-electron chi connectivity index (χ2n) is 7.46. The maximum atomic E-state index is 13.1. The van der Waals surface area contributed by atoms with Crippen LogP contribution in [0.1, 0.15) is 0 Å². The number of hydrogen-bond donors (Lipinski definition) is 3. The Morgan fingerprint density at radius 3 is 2.69 bits per heavy atom. The largest absolute Gasteiger partial charge is 0.508 e. The Bertz CT molecular complexity index is 1600. The molecule has 3 N–H and O–H groups in total. The molecule has 0 fully saturated rings. The molecule has 9 nitrogen and oxygen atoms in total. The van der Waals surface area contributed by atoms with Gasteiger partial charge < -0.3 is 10.4 Å². The molecule has 0 aliphatic heterocycles. The molecule has 2 aromatic carbocycles. The normalized spacial score (nSPS) is 11.7. The first kappa shape index (κ1) is 22.9. The van der Waals surface area contributed by atoms with Gasteiger partial charge in [0, 0.05) is 36.4 Å². The number of phenolic OH excluding ortho intramolecular Hbond substituents is 1. The molecule has 0 aliphatic carbocycles. The Hall–Kier alpha value is -3.87. The van der Waals surface area contributed by atoms with Crippen LogP contribution in [0.2, 0.25) is 0 Å². The summed E-state index contributed by atoms with van der Waals surface area (Å²) in [5.74, 6) is -0.0544. The van der Waals surface area contributed by atoms with Gasteiger partial charge in [0.05, 0.1) is 16.3 Å². The molecule has 0 spiro atoms. The number of nitrogens with one attached hydrogen (secondary N) is 2. The Kier molecular flexibility index (Phi) is 6.16. The zero-order valence-electron chi connectivity index (χ0n) is 18.1. The number of nitrogens with zero attached hydrogens (tertiary/aromatic N) is 4. The summed E-state index contributed by atoms with van der Waals surface area (Å²) in [5.41, 5.74) is 2.77. The third-order valence-corrected chi connectivity index (χ3v) is 7.34. The van der Waals surface area contributed by atoms with Crippen molar-refractivity contribution in [2.75, 3.05) is 18.4 Å². The summed E-state index contributed by atoms with van der Waals surface area (Å²) < 4.78 is 42.1. The minimum absolute atomic E-state index is 0.0165. The van der Waals surface area contributed by atoms with E-state index >= 15 is 0 Å². The summed E-state index contributed by atoms with van der Waals surface area (Å²) in [4.78, 5) is 14.3. The van der Waals surface area contributed by atoms with E-state index in [1.54, 1.807) is 30.5 Å². The Labute approximate surface area is 204 Å². The van der Waals surface area contributed by atoms with Crippen molar-refractivity contribution >= 4 is 32.3 Å². The van der Waals surface area contributed by atoms with E-state index in [0.29, 0.717) is 17.3 Å². The average Bonchev–Trinajstić information content (AvgIpc) is 3.44. The molecule has 0 aliphatic rings. The highest BCUT2D eigenvalue weighted by Crippen LogP contribution is 2.34. The van der Waals surface area contributed by atoms with Gasteiger partial charge in [0.2, 0.25) is 16.0 Å². The second-order valence-corrected chi connectivity index (χ2v) is 10.1. The molecule has 35 heavy (non-hydrogen) atoms. The number of benzene rings is 2. The van der Waals surface area contributed by atoms with Crippen molar-refractivity contribution in [2.45, 2.75) is 4.90 Å². The molecule has 5 aromatic rings. The van der Waals surface area contributed by atoms with Gasteiger partial charge in [0.15, 0.2) is 4.96 Å². The number of aromatic hydroxyl groups is 1. The summed E-state index contributed by atoms with van der Waals surface area (Å²) in [6.45, 7) is 0.298. The molecule has 12 heteroatoms. The van der Waals surface area contributed by atoms with Crippen molar-refractivity contribution in [3.8, 4) is 28.4 Å². The summed E-state index contributed by atoms with van der Waals surface area (Å²) >= 11 is 1.48. The fourth-order valence-electron chi connectivity index (χ4n) is 3.52. The number of fused-ring (bicyclic) bond motifs is 1. The van der Waals surface area contributed by atoms with Crippen LogP contribution in [-0.4, -0.2) is 46.0 Å². The van der Waals surface area contributed by atoms with Gasteiger partial charge in [-0.25, -0.2) is 32.5 Å². The number of sulfonamides is 1. The number of anilines is 1. The number of hydrogen-bond acceptors (Lipinski definition) is 8. The molecule has 0 amide bonds. The molecule has 0 bridgehead atoms. The molecule has 178 valence electrons. The highest BCUT2D eigenvalue weighted by Gasteiger charge is 2.19. The molecule has 3 heterocycles. The maximum absolute atomic E-state index is 13.1. The van der Waals surface area contributed by atoms with Crippen molar-refractivity contribution in [1.82, 2.24) is 24.1 Å². The standard InChI is InChI=1S/C23H19FN6O3S2/c24-16-4-6-18(7-5-16)35(32,33)27-11-10-26-22-25-9-8-19(28-22)21-20(15-2-1-3-17(31)14-15)29-23-30(21)12-13-34-23/h1-9,12-14,27,31H,10-11H2,(H,25,26,28). The molecular formula is C23H19FN6O3S2. The lowest BCUT2D eigenvalue weighted by atomic mass is 10.1. The highest BCUT2D eigenvalue weighted by atomic mass is 32.2. The summed E-state index contributed by atoms with van der Waals surface area (Å²) in [7, 11) is -3.76. The van der Waals surface area contributed by atoms with E-state index < -0.39 is 15.8 Å². The van der Waals surface area contributed by atoms with Crippen molar-refractivity contribution in [1.29, 1.82) is 0 Å². The van der Waals surface area contributed by atoms with E-state index in [1.165, 1.54) is 23.5 Å². The molecule has 0 saturated carbocycles. The van der Waals surface area contributed by atoms with Crippen molar-refractivity contribution < 1.29 is 17.9 Å². The van der Waals surface area contributed by atoms with Crippen LogP contribution in [0.5, 0.6) is 5.75 Å². The topological polar surface area (TPSA) is 122 Å². The van der Waals surface area contributed by atoms with Crippen molar-refractivity contribution in [2.24, 2.45) is 0 Å². The van der Waals surface area contributed by atoms with Gasteiger partial charge in [-0.3, -0.25) is 4.40 Å². The molecule has 0 saturated heterocycles. The van der Waals surface area contributed by atoms with Crippen LogP contribution < -0.4 is 10.0 Å². The van der Waals surface area contributed by atoms with Crippen molar-refractivity contribution in [3.63, 3.8) is 0 Å². The zero-order chi connectivity index (χ0) is 24.4. The number of phenols is 1. The lowest BCUT2D eigenvalue weighted by molar-refractivity contribution is 0.475. The quantitative estimate of drug-likeness (QED) is 0.272. The minimum atomic E-state index is -3.76. The van der Waals surface area contributed by atoms with Crippen LogP contribution in [0.4, 0.5) is 10.3 Å². The predicted octanol–water partition coefficient (Wildman–Crippen LogP) is 3.75. The summed E-state index contributed by atoms with van der Waals surface area (Å²) in [5, 5.41) is 14.9. The fraction of sp³-hybridized carbons (Fsp3) is 0.0870. The third-order valence-electron chi connectivity index (χ3n) is 5.10. The smallest absolute Gasteiger partial charge is 0.240 e. The van der Waals surface area contributed by atoms with Gasteiger partial charge in [0.25, 0.3) is 0 Å². The lowest BCUT2D eigenvalue weighted by Gasteiger charge is -2.09. The number of imidazole rings is 1. The van der Waals surface area contributed by atoms with Crippen LogP contribution in [0, 0.1) is 5.82 Å². The Morgan fingerprint density at radius 1 is 1.06 bits per heavy atom. The van der Waals surface area contributed by atoms with Gasteiger partial charge in [-0.1, -0.05) is 12.1 Å². The van der Waals surface area contributed by atoms with Crippen LogP contribution in [0.3, 0.4) is 0 Å². The van der Waals surface area contributed by atoms with Gasteiger partial charge in [-0.05, 0) is 42.5 Å². The molecule has 3 aromatic heterocycles. The number of thiazole rings is 1. The Morgan fingerprint density at radius 2 is 1.89 bits per heavy atom. The van der Waals surface area contributed by atoms with Crippen LogP contribution in [-0.2, 0) is 10.0 Å². The van der Waals surface area contributed by atoms with Gasteiger partial charge in [-0.2, -0.15) is 0 Å². The SMILES string of the molecule is O=S(=O)(NCCNc1nccc(-c2c(-c3cccc(O)c3)nc3sccn23)n1)c1ccc(F)cc1. The second kappa shape index (κ2) is 9.41. The van der Waals surface area contributed by atoms with Gasteiger partial charge in [0.1, 0.15) is 17.3 Å². The highest BCUT2D eigenvalue weighted by molar-refractivity contribution is 7.89. The summed E-state index contributed by atoms with van der Waals surface area (Å²) in [6, 6.07) is 13.2. The maximum Gasteiger partial charge on any atom is 0.240 e. The zero-order valence-corrected chi connectivity index (χ0v) is 19.7. The van der Waals surface area contributed by atoms with Gasteiger partial charge in [-0.15, -0.1) is 11.3 Å². The molecule has 5 rings (SSSR count). The first-order chi connectivity index (χ1) is 16.9. The third kappa shape index (κ3) is 4.85. The average molecular weight is 511 g/mol. The van der Waals surface area contributed by atoms with Crippen LogP contribution >= 0.6 is 11.3 Å². The molecular weight excluding hydrogens is 491 g/mol. The van der Waals surface area contributed by atoms with Crippen LogP contribution in [0.15, 0.2) is 77.3 Å². The molecule has 0 unspecified atom stereocenters. The number of rotatable bonds is 8. The first-order valence-electron chi connectivity index (χ1n) is 10.5. The number of halogens is 1. The fourth-order valence-corrected chi connectivity index (χ4v) is 5.26. The van der Waals surface area contributed by atoms with E-state index in [9.17, 15) is 17.9 Å². The first-order valence-corrected chi connectivity index (χ1v) is 12.8. The minimum Gasteiger partial charge on any atom is -0.508 e. The van der Waals surface area contributed by atoms with Gasteiger partial charge >= 0.3 is 0 Å². The molecule has 0 atom stereocenters. The summed E-state index contributed by atoms with van der Waals surface area (Å²) in [6.07, 6.45) is 3.50.